The van der Waals surface area contributed by atoms with Crippen molar-refractivity contribution in [2.24, 2.45) is 5.92 Å². The molecule has 1 aliphatic heterocycles. The van der Waals surface area contributed by atoms with E-state index in [2.05, 4.69) is 6.07 Å². The van der Waals surface area contributed by atoms with E-state index in [1.165, 1.54) is 6.42 Å². The van der Waals surface area contributed by atoms with Crippen LogP contribution in [0.25, 0.3) is 0 Å². The molecule has 1 amide bonds. The van der Waals surface area contributed by atoms with Crippen LogP contribution in [0.2, 0.25) is 0 Å². The van der Waals surface area contributed by atoms with E-state index in [-0.39, 0.29) is 5.91 Å². The molecule has 1 saturated heterocycles. The first kappa shape index (κ1) is 10.5. The monoisotopic (exact) mass is 206 g/mol. The van der Waals surface area contributed by atoms with Gasteiger partial charge in [-0.25, -0.2) is 0 Å². The molecule has 0 aromatic heterocycles. The highest BCUT2D eigenvalue weighted by Gasteiger charge is 2.48. The molecule has 0 spiro atoms. The fourth-order valence-electron chi connectivity index (χ4n) is 3.31. The molecule has 82 valence electrons. The summed E-state index contributed by atoms with van der Waals surface area (Å²) in [6.07, 6.45) is 6.50. The summed E-state index contributed by atoms with van der Waals surface area (Å²) < 4.78 is 0. The number of amides is 1. The van der Waals surface area contributed by atoms with Crippen LogP contribution in [0.15, 0.2) is 0 Å². The molecule has 2 rings (SSSR count). The fourth-order valence-corrected chi connectivity index (χ4v) is 3.31. The first-order valence-corrected chi connectivity index (χ1v) is 5.90. The van der Waals surface area contributed by atoms with E-state index in [1.807, 2.05) is 4.90 Å². The molecule has 3 nitrogen and oxygen atoms in total. The Morgan fingerprint density at radius 3 is 2.80 bits per heavy atom. The first-order chi connectivity index (χ1) is 7.20. The van der Waals surface area contributed by atoms with E-state index >= 15 is 0 Å². The first-order valence-electron chi connectivity index (χ1n) is 5.90. The van der Waals surface area contributed by atoms with Crippen LogP contribution in [-0.4, -0.2) is 22.9 Å². The van der Waals surface area contributed by atoms with Crippen molar-refractivity contribution in [1.82, 2.24) is 4.90 Å². The van der Waals surface area contributed by atoms with E-state index in [1.54, 1.807) is 6.92 Å². The summed E-state index contributed by atoms with van der Waals surface area (Å²) >= 11 is 0. The van der Waals surface area contributed by atoms with Gasteiger partial charge in [0.1, 0.15) is 5.54 Å². The zero-order chi connectivity index (χ0) is 10.9. The summed E-state index contributed by atoms with van der Waals surface area (Å²) in [5.74, 6) is 0.497. The smallest absolute Gasteiger partial charge is 0.220 e. The van der Waals surface area contributed by atoms with Crippen LogP contribution in [0.1, 0.15) is 45.4 Å². The molecule has 2 fully saturated rings. The molecule has 0 N–H and O–H groups in total. The Morgan fingerprint density at radius 2 is 2.13 bits per heavy atom. The number of fused-ring (bicyclic) bond motifs is 1. The van der Waals surface area contributed by atoms with Gasteiger partial charge in [0.05, 0.1) is 6.07 Å². The minimum absolute atomic E-state index is 0.0724. The van der Waals surface area contributed by atoms with Gasteiger partial charge >= 0.3 is 0 Å². The highest BCUT2D eigenvalue weighted by Crippen LogP contribution is 2.43. The van der Waals surface area contributed by atoms with Crippen molar-refractivity contribution in [3.05, 3.63) is 0 Å². The Labute approximate surface area is 91.1 Å². The minimum atomic E-state index is -0.456. The lowest BCUT2D eigenvalue weighted by Crippen LogP contribution is -2.59. The summed E-state index contributed by atoms with van der Waals surface area (Å²) in [6.45, 7) is 2.37. The third-order valence-electron chi connectivity index (χ3n) is 4.03. The quantitative estimate of drug-likeness (QED) is 0.609. The number of hydrogen-bond acceptors (Lipinski definition) is 2. The highest BCUT2D eigenvalue weighted by molar-refractivity contribution is 5.75. The predicted octanol–water partition coefficient (Wildman–Crippen LogP) is 2.08. The lowest BCUT2D eigenvalue weighted by atomic mass is 9.68. The number of carbonyl (C=O) groups is 1. The van der Waals surface area contributed by atoms with Crippen LogP contribution in [0.4, 0.5) is 0 Å². The Hall–Kier alpha value is -1.04. The molecule has 1 aliphatic carbocycles. The molecule has 2 aliphatic rings. The van der Waals surface area contributed by atoms with Gasteiger partial charge in [-0.3, -0.25) is 4.79 Å². The van der Waals surface area contributed by atoms with Crippen LogP contribution < -0.4 is 0 Å². The molecule has 2 unspecified atom stereocenters. The van der Waals surface area contributed by atoms with Crippen LogP contribution in [0.3, 0.4) is 0 Å². The molecule has 3 heteroatoms. The van der Waals surface area contributed by atoms with Crippen molar-refractivity contribution >= 4 is 5.91 Å². The standard InChI is InChI=1S/C12H18N2O/c1-10(15)14-8-4-6-11-5-2-3-7-12(11,14)9-13/h11H,2-8H2,1H3. The van der Waals surface area contributed by atoms with Gasteiger partial charge in [-0.1, -0.05) is 12.8 Å². The second kappa shape index (κ2) is 3.84. The Morgan fingerprint density at radius 1 is 1.40 bits per heavy atom. The highest BCUT2D eigenvalue weighted by atomic mass is 16.2. The van der Waals surface area contributed by atoms with Gasteiger partial charge in [0.2, 0.25) is 5.91 Å². The Bertz CT molecular complexity index is 305. The molecule has 0 aromatic rings. The lowest BCUT2D eigenvalue weighted by molar-refractivity contribution is -0.139. The number of nitrogens with zero attached hydrogens (tertiary/aromatic N) is 2. The van der Waals surface area contributed by atoms with Gasteiger partial charge in [0, 0.05) is 13.5 Å². The summed E-state index contributed by atoms with van der Waals surface area (Å²) in [5.41, 5.74) is -0.456. The van der Waals surface area contributed by atoms with Gasteiger partial charge in [-0.15, -0.1) is 0 Å². The zero-order valence-electron chi connectivity index (χ0n) is 9.33. The SMILES string of the molecule is CC(=O)N1CCCC2CCCCC21C#N. The average molecular weight is 206 g/mol. The van der Waals surface area contributed by atoms with Gasteiger partial charge in [0.15, 0.2) is 0 Å². The third kappa shape index (κ3) is 1.52. The van der Waals surface area contributed by atoms with Crippen molar-refractivity contribution in [3.8, 4) is 6.07 Å². The number of likely N-dealkylation sites (tertiary alicyclic amines) is 1. The molecule has 15 heavy (non-hydrogen) atoms. The van der Waals surface area contributed by atoms with Crippen molar-refractivity contribution in [3.63, 3.8) is 0 Å². The molecular formula is C12H18N2O. The lowest BCUT2D eigenvalue weighted by Gasteiger charge is -2.49. The fraction of sp³-hybridized carbons (Fsp3) is 0.833. The molecule has 0 radical (unpaired) electrons. The van der Waals surface area contributed by atoms with Gasteiger partial charge in [-0.05, 0) is 31.6 Å². The molecule has 1 heterocycles. The maximum absolute atomic E-state index is 11.6. The van der Waals surface area contributed by atoms with Crippen LogP contribution >= 0.6 is 0 Å². The number of rotatable bonds is 0. The summed E-state index contributed by atoms with van der Waals surface area (Å²) in [5, 5.41) is 9.45. The minimum Gasteiger partial charge on any atom is -0.324 e. The van der Waals surface area contributed by atoms with Crippen LogP contribution in [-0.2, 0) is 4.79 Å². The number of piperidine rings is 1. The second-order valence-electron chi connectivity index (χ2n) is 4.79. The van der Waals surface area contributed by atoms with Crippen molar-refractivity contribution in [2.75, 3.05) is 6.54 Å². The van der Waals surface area contributed by atoms with Crippen LogP contribution in [0, 0.1) is 17.2 Å². The Kier molecular flexibility index (Phi) is 2.68. The third-order valence-corrected chi connectivity index (χ3v) is 4.03. The maximum atomic E-state index is 11.6. The molecule has 2 atom stereocenters. The normalized spacial score (nSPS) is 35.5. The van der Waals surface area contributed by atoms with Crippen molar-refractivity contribution < 1.29 is 4.79 Å². The zero-order valence-corrected chi connectivity index (χ0v) is 9.33. The second-order valence-corrected chi connectivity index (χ2v) is 4.79. The van der Waals surface area contributed by atoms with E-state index in [4.69, 9.17) is 0 Å². The molecule has 0 bridgehead atoms. The maximum Gasteiger partial charge on any atom is 0.220 e. The Balaban J connectivity index is 2.32. The summed E-state index contributed by atoms with van der Waals surface area (Å²) in [4.78, 5) is 13.4. The van der Waals surface area contributed by atoms with Crippen molar-refractivity contribution in [1.29, 1.82) is 5.26 Å². The molecule has 0 aromatic carbocycles. The van der Waals surface area contributed by atoms with Gasteiger partial charge in [0.25, 0.3) is 0 Å². The van der Waals surface area contributed by atoms with E-state index in [9.17, 15) is 10.1 Å². The van der Waals surface area contributed by atoms with Crippen LogP contribution in [0.5, 0.6) is 0 Å². The largest absolute Gasteiger partial charge is 0.324 e. The van der Waals surface area contributed by atoms with E-state index in [0.29, 0.717) is 5.92 Å². The van der Waals surface area contributed by atoms with E-state index in [0.717, 1.165) is 38.6 Å². The predicted molar refractivity (Wildman–Crippen MR) is 56.9 cm³/mol. The van der Waals surface area contributed by atoms with E-state index < -0.39 is 5.54 Å². The molecule has 1 saturated carbocycles. The van der Waals surface area contributed by atoms with Crippen molar-refractivity contribution in [2.45, 2.75) is 51.0 Å². The summed E-state index contributed by atoms with van der Waals surface area (Å²) in [7, 11) is 0. The number of hydrogen-bond donors (Lipinski definition) is 0. The summed E-state index contributed by atoms with van der Waals surface area (Å²) in [6, 6.07) is 2.46. The molecular weight excluding hydrogens is 188 g/mol. The average Bonchev–Trinajstić information content (AvgIpc) is 2.27. The number of carbonyl (C=O) groups excluding carboxylic acids is 1. The topological polar surface area (TPSA) is 44.1 Å². The van der Waals surface area contributed by atoms with Gasteiger partial charge < -0.3 is 4.90 Å². The number of nitriles is 1. The van der Waals surface area contributed by atoms with Gasteiger partial charge in [-0.2, -0.15) is 5.26 Å².